The van der Waals surface area contributed by atoms with Gasteiger partial charge in [-0.1, -0.05) is 31.2 Å². The molecule has 100 valence electrons. The van der Waals surface area contributed by atoms with Crippen LogP contribution in [0.3, 0.4) is 0 Å². The molecule has 0 aliphatic heterocycles. The third-order valence-electron chi connectivity index (χ3n) is 4.22. The van der Waals surface area contributed by atoms with Gasteiger partial charge in [0, 0.05) is 41.5 Å². The Morgan fingerprint density at radius 3 is 2.65 bits per heavy atom. The largest absolute Gasteiger partial charge is 0.350 e. The molecule has 4 rings (SSSR count). The first-order valence-corrected chi connectivity index (χ1v) is 7.26. The molecule has 2 aromatic carbocycles. The van der Waals surface area contributed by atoms with Gasteiger partial charge in [0.05, 0.1) is 11.0 Å². The van der Waals surface area contributed by atoms with Crippen molar-refractivity contribution in [3.63, 3.8) is 0 Å². The molecular formula is C18H18N2. The zero-order valence-corrected chi connectivity index (χ0v) is 11.9. The summed E-state index contributed by atoms with van der Waals surface area (Å²) in [7, 11) is 2.13. The summed E-state index contributed by atoms with van der Waals surface area (Å²) in [5, 5.41) is 4.07. The number of aromatic nitrogens is 2. The second kappa shape index (κ2) is 4.14. The molecule has 2 heterocycles. The third kappa shape index (κ3) is 1.39. The maximum atomic E-state index is 2.46. The van der Waals surface area contributed by atoms with Crippen molar-refractivity contribution in [2.24, 2.45) is 7.05 Å². The summed E-state index contributed by atoms with van der Waals surface area (Å²) in [6.07, 6.45) is 3.30. The lowest BCUT2D eigenvalue weighted by molar-refractivity contribution is 0.724. The fourth-order valence-corrected chi connectivity index (χ4v) is 3.38. The van der Waals surface area contributed by atoms with Crippen molar-refractivity contribution in [3.05, 3.63) is 48.7 Å². The van der Waals surface area contributed by atoms with E-state index in [-0.39, 0.29) is 0 Å². The van der Waals surface area contributed by atoms with Gasteiger partial charge in [-0.15, -0.1) is 0 Å². The highest BCUT2D eigenvalue weighted by atomic mass is 15.0. The van der Waals surface area contributed by atoms with Gasteiger partial charge in [0.1, 0.15) is 0 Å². The van der Waals surface area contributed by atoms with Gasteiger partial charge in [-0.3, -0.25) is 0 Å². The van der Waals surface area contributed by atoms with Crippen molar-refractivity contribution in [1.29, 1.82) is 0 Å². The molecule has 0 spiro atoms. The van der Waals surface area contributed by atoms with Crippen molar-refractivity contribution >= 4 is 32.7 Å². The number of benzene rings is 2. The number of hydrogen-bond donors (Lipinski definition) is 0. The van der Waals surface area contributed by atoms with E-state index in [1.54, 1.807) is 0 Å². The van der Waals surface area contributed by atoms with Crippen LogP contribution in [0, 0.1) is 0 Å². The molecule has 2 heteroatoms. The molecule has 0 bridgehead atoms. The Labute approximate surface area is 118 Å². The smallest absolute Gasteiger partial charge is 0.0579 e. The minimum Gasteiger partial charge on any atom is -0.350 e. The van der Waals surface area contributed by atoms with Crippen molar-refractivity contribution < 1.29 is 0 Å². The minimum absolute atomic E-state index is 1.07. The lowest BCUT2D eigenvalue weighted by Gasteiger charge is -2.05. The standard InChI is InChI=1S/C18H18N2/c1-3-11-20-15-7-5-4-6-14(15)17-16(20)9-8-13-10-12-19(2)18(13)17/h4-10,12H,3,11H2,1-2H3. The molecule has 0 saturated carbocycles. The van der Waals surface area contributed by atoms with E-state index in [2.05, 4.69) is 71.8 Å². The fourth-order valence-electron chi connectivity index (χ4n) is 3.38. The van der Waals surface area contributed by atoms with E-state index in [9.17, 15) is 0 Å². The van der Waals surface area contributed by atoms with Gasteiger partial charge in [0.25, 0.3) is 0 Å². The van der Waals surface area contributed by atoms with Gasteiger partial charge in [0.15, 0.2) is 0 Å². The van der Waals surface area contributed by atoms with E-state index >= 15 is 0 Å². The Bertz CT molecular complexity index is 925. The van der Waals surface area contributed by atoms with Gasteiger partial charge in [-0.25, -0.2) is 0 Å². The maximum Gasteiger partial charge on any atom is 0.0579 e. The molecule has 0 radical (unpaired) electrons. The van der Waals surface area contributed by atoms with Gasteiger partial charge in [-0.2, -0.15) is 0 Å². The molecule has 2 nitrogen and oxygen atoms in total. The summed E-state index contributed by atoms with van der Waals surface area (Å²) in [5.41, 5.74) is 4.04. The zero-order valence-electron chi connectivity index (χ0n) is 11.9. The Kier molecular flexibility index (Phi) is 2.40. The zero-order chi connectivity index (χ0) is 13.7. The molecule has 0 amide bonds. The summed E-state index contributed by atoms with van der Waals surface area (Å²) in [5.74, 6) is 0. The molecule has 0 saturated heterocycles. The van der Waals surface area contributed by atoms with Crippen molar-refractivity contribution in [1.82, 2.24) is 9.13 Å². The summed E-state index contributed by atoms with van der Waals surface area (Å²) >= 11 is 0. The van der Waals surface area contributed by atoms with E-state index < -0.39 is 0 Å². The molecule has 0 N–H and O–H groups in total. The van der Waals surface area contributed by atoms with Crippen LogP contribution in [-0.2, 0) is 13.6 Å². The quantitative estimate of drug-likeness (QED) is 0.495. The van der Waals surface area contributed by atoms with E-state index in [4.69, 9.17) is 0 Å². The summed E-state index contributed by atoms with van der Waals surface area (Å²) in [4.78, 5) is 0. The highest BCUT2D eigenvalue weighted by Gasteiger charge is 2.13. The lowest BCUT2D eigenvalue weighted by atomic mass is 10.1. The van der Waals surface area contributed by atoms with E-state index in [0.717, 1.165) is 13.0 Å². The monoisotopic (exact) mass is 262 g/mol. The van der Waals surface area contributed by atoms with Gasteiger partial charge < -0.3 is 9.13 Å². The van der Waals surface area contributed by atoms with Crippen LogP contribution >= 0.6 is 0 Å². The first-order valence-electron chi connectivity index (χ1n) is 7.26. The average molecular weight is 262 g/mol. The number of fused-ring (bicyclic) bond motifs is 5. The molecule has 4 aromatic rings. The lowest BCUT2D eigenvalue weighted by Crippen LogP contribution is -1.95. The average Bonchev–Trinajstić information content (AvgIpc) is 2.99. The first-order chi connectivity index (χ1) is 9.81. The van der Waals surface area contributed by atoms with Crippen LogP contribution in [0.2, 0.25) is 0 Å². The number of aryl methyl sites for hydroxylation is 2. The van der Waals surface area contributed by atoms with E-state index in [1.807, 2.05) is 0 Å². The van der Waals surface area contributed by atoms with E-state index in [1.165, 1.54) is 32.7 Å². The summed E-state index contributed by atoms with van der Waals surface area (Å²) < 4.78 is 4.69. The van der Waals surface area contributed by atoms with Crippen LogP contribution in [0.25, 0.3) is 32.7 Å². The molecule has 0 aliphatic rings. The summed E-state index contributed by atoms with van der Waals surface area (Å²) in [6.45, 7) is 3.31. The Morgan fingerprint density at radius 2 is 1.80 bits per heavy atom. The number of rotatable bonds is 2. The van der Waals surface area contributed by atoms with Gasteiger partial charge in [-0.05, 0) is 24.6 Å². The highest BCUT2D eigenvalue weighted by Crippen LogP contribution is 2.34. The summed E-state index contributed by atoms with van der Waals surface area (Å²) in [6, 6.07) is 15.5. The molecule has 0 fully saturated rings. The second-order valence-corrected chi connectivity index (χ2v) is 5.49. The van der Waals surface area contributed by atoms with Crippen LogP contribution in [0.5, 0.6) is 0 Å². The second-order valence-electron chi connectivity index (χ2n) is 5.49. The normalized spacial score (nSPS) is 11.9. The van der Waals surface area contributed by atoms with Crippen molar-refractivity contribution in [2.75, 3.05) is 0 Å². The van der Waals surface area contributed by atoms with Crippen LogP contribution in [0.1, 0.15) is 13.3 Å². The molecular weight excluding hydrogens is 244 g/mol. The van der Waals surface area contributed by atoms with E-state index in [0.29, 0.717) is 0 Å². The number of nitrogens with zero attached hydrogens (tertiary/aromatic N) is 2. The van der Waals surface area contributed by atoms with Gasteiger partial charge in [0.2, 0.25) is 0 Å². The fraction of sp³-hybridized carbons (Fsp3) is 0.222. The van der Waals surface area contributed by atoms with Crippen LogP contribution < -0.4 is 0 Å². The maximum absolute atomic E-state index is 2.46. The molecule has 0 aliphatic carbocycles. The Hall–Kier alpha value is -2.22. The van der Waals surface area contributed by atoms with Crippen LogP contribution in [0.4, 0.5) is 0 Å². The molecule has 0 unspecified atom stereocenters. The molecule has 20 heavy (non-hydrogen) atoms. The molecule has 2 aromatic heterocycles. The SMILES string of the molecule is CCCn1c2ccccc2c2c3c(ccc21)ccn3C. The predicted octanol–water partition coefficient (Wildman–Crippen LogP) is 4.70. The Morgan fingerprint density at radius 1 is 0.950 bits per heavy atom. The van der Waals surface area contributed by atoms with Crippen LogP contribution in [0.15, 0.2) is 48.7 Å². The van der Waals surface area contributed by atoms with Crippen LogP contribution in [-0.4, -0.2) is 9.13 Å². The first kappa shape index (κ1) is 11.6. The number of para-hydroxylation sites is 1. The predicted molar refractivity (Wildman–Crippen MR) is 86.2 cm³/mol. The van der Waals surface area contributed by atoms with Crippen molar-refractivity contribution in [3.8, 4) is 0 Å². The molecule has 0 atom stereocenters. The minimum atomic E-state index is 1.07. The number of hydrogen-bond acceptors (Lipinski definition) is 0. The van der Waals surface area contributed by atoms with Crippen molar-refractivity contribution in [2.45, 2.75) is 19.9 Å². The third-order valence-corrected chi connectivity index (χ3v) is 4.22. The highest BCUT2D eigenvalue weighted by molar-refractivity contribution is 6.19. The van der Waals surface area contributed by atoms with Gasteiger partial charge >= 0.3 is 0 Å². The topological polar surface area (TPSA) is 9.86 Å². The Balaban J connectivity index is 2.31.